The summed E-state index contributed by atoms with van der Waals surface area (Å²) in [5, 5.41) is 2.92. The molecule has 1 atom stereocenters. The van der Waals surface area contributed by atoms with Crippen LogP contribution >= 0.6 is 0 Å². The van der Waals surface area contributed by atoms with Gasteiger partial charge in [0.2, 0.25) is 21.8 Å². The summed E-state index contributed by atoms with van der Waals surface area (Å²) in [6.45, 7) is 2.13. The number of methoxy groups -OCH3 is 1. The van der Waals surface area contributed by atoms with Gasteiger partial charge in [0.05, 0.1) is 11.5 Å². The fraction of sp³-hybridized carbons (Fsp3) is 0.375. The van der Waals surface area contributed by atoms with Crippen LogP contribution in [-0.2, 0) is 43.7 Å². The average Bonchev–Trinajstić information content (AvgIpc) is 3.55. The maximum atomic E-state index is 13.8. The van der Waals surface area contributed by atoms with E-state index in [0.29, 0.717) is 45.6 Å². The molecule has 41 heavy (non-hydrogen) atoms. The van der Waals surface area contributed by atoms with Crippen molar-refractivity contribution in [2.24, 2.45) is 0 Å². The molecule has 0 saturated carbocycles. The second kappa shape index (κ2) is 14.9. The number of aryl methyl sites for hydroxylation is 1. The second-order valence-electron chi connectivity index (χ2n) is 10.3. The van der Waals surface area contributed by atoms with Crippen molar-refractivity contribution in [2.75, 3.05) is 33.4 Å². The van der Waals surface area contributed by atoms with E-state index < -0.39 is 16.1 Å². The van der Waals surface area contributed by atoms with Gasteiger partial charge in [-0.2, -0.15) is 4.31 Å². The molecule has 0 radical (unpaired) electrons. The van der Waals surface area contributed by atoms with E-state index in [1.165, 1.54) is 4.31 Å². The van der Waals surface area contributed by atoms with Crippen LogP contribution in [0.5, 0.6) is 0 Å². The lowest BCUT2D eigenvalue weighted by Crippen LogP contribution is -2.51. The molecular weight excluding hydrogens is 538 g/mol. The number of hydrogen-bond acceptors (Lipinski definition) is 5. The molecule has 2 amide bonds. The van der Waals surface area contributed by atoms with E-state index in [0.717, 1.165) is 29.5 Å². The number of ether oxygens (including phenoxy) is 1. The lowest BCUT2D eigenvalue weighted by Gasteiger charge is -2.31. The molecule has 0 bridgehead atoms. The zero-order valence-corrected chi connectivity index (χ0v) is 24.4. The molecule has 218 valence electrons. The summed E-state index contributed by atoms with van der Waals surface area (Å²) in [6, 6.07) is 25.4. The summed E-state index contributed by atoms with van der Waals surface area (Å²) < 4.78 is 32.4. The fourth-order valence-electron chi connectivity index (χ4n) is 5.03. The number of carbonyl (C=O) groups is 2. The van der Waals surface area contributed by atoms with Crippen LogP contribution in [0.4, 0.5) is 0 Å². The van der Waals surface area contributed by atoms with E-state index in [4.69, 9.17) is 4.74 Å². The van der Waals surface area contributed by atoms with Gasteiger partial charge in [0.25, 0.3) is 0 Å². The van der Waals surface area contributed by atoms with Crippen molar-refractivity contribution < 1.29 is 22.7 Å². The third-order valence-electron chi connectivity index (χ3n) is 7.33. The second-order valence-corrected chi connectivity index (χ2v) is 12.2. The van der Waals surface area contributed by atoms with E-state index in [9.17, 15) is 18.0 Å². The van der Waals surface area contributed by atoms with E-state index in [2.05, 4.69) is 5.32 Å². The minimum atomic E-state index is -3.49. The highest BCUT2D eigenvalue weighted by Crippen LogP contribution is 2.22. The SMILES string of the molecule is COCCNC(=O)[C@@H](Cc1ccccc1)N(Cc1ccccc1)C(=O)CCc1ccc(S(=O)(=O)N2CCCC2)cc1. The molecule has 1 aliphatic heterocycles. The first-order valence-electron chi connectivity index (χ1n) is 14.1. The van der Waals surface area contributed by atoms with Crippen LogP contribution in [0.25, 0.3) is 0 Å². The number of rotatable bonds is 14. The van der Waals surface area contributed by atoms with Crippen LogP contribution in [0, 0.1) is 0 Å². The zero-order chi connectivity index (χ0) is 29.1. The lowest BCUT2D eigenvalue weighted by atomic mass is 10.0. The molecule has 0 aromatic heterocycles. The van der Waals surface area contributed by atoms with E-state index in [1.807, 2.05) is 60.7 Å². The fourth-order valence-corrected chi connectivity index (χ4v) is 6.55. The third kappa shape index (κ3) is 8.48. The summed E-state index contributed by atoms with van der Waals surface area (Å²) >= 11 is 0. The van der Waals surface area contributed by atoms with Gasteiger partial charge in [-0.05, 0) is 48.1 Å². The Hall–Kier alpha value is -3.53. The summed E-state index contributed by atoms with van der Waals surface area (Å²) in [6.07, 6.45) is 2.75. The Morgan fingerprint density at radius 2 is 1.49 bits per heavy atom. The summed E-state index contributed by atoms with van der Waals surface area (Å²) in [5.41, 5.74) is 2.75. The van der Waals surface area contributed by atoms with Gasteiger partial charge in [-0.15, -0.1) is 0 Å². The average molecular weight is 578 g/mol. The molecule has 0 aliphatic carbocycles. The Balaban J connectivity index is 1.52. The highest BCUT2D eigenvalue weighted by Gasteiger charge is 2.30. The van der Waals surface area contributed by atoms with Crippen LogP contribution in [0.15, 0.2) is 89.8 Å². The maximum absolute atomic E-state index is 13.8. The molecule has 0 unspecified atom stereocenters. The summed E-state index contributed by atoms with van der Waals surface area (Å²) in [4.78, 5) is 29.2. The molecule has 1 fully saturated rings. The van der Waals surface area contributed by atoms with Crippen molar-refractivity contribution in [3.63, 3.8) is 0 Å². The van der Waals surface area contributed by atoms with Crippen molar-refractivity contribution in [3.8, 4) is 0 Å². The molecule has 8 nitrogen and oxygen atoms in total. The predicted molar refractivity (Wildman–Crippen MR) is 159 cm³/mol. The Kier molecular flexibility index (Phi) is 11.1. The smallest absolute Gasteiger partial charge is 0.243 e. The largest absolute Gasteiger partial charge is 0.383 e. The number of benzene rings is 3. The minimum absolute atomic E-state index is 0.148. The highest BCUT2D eigenvalue weighted by atomic mass is 32.2. The van der Waals surface area contributed by atoms with Gasteiger partial charge >= 0.3 is 0 Å². The normalized spacial score (nSPS) is 14.5. The first-order chi connectivity index (χ1) is 19.9. The number of hydrogen-bond donors (Lipinski definition) is 1. The maximum Gasteiger partial charge on any atom is 0.243 e. The standard InChI is InChI=1S/C32H39N3O5S/c1-40-23-20-33-32(37)30(24-27-10-4-2-5-11-27)35(25-28-12-6-3-7-13-28)31(36)19-16-26-14-17-29(18-15-26)41(38,39)34-21-8-9-22-34/h2-7,10-15,17-18,30H,8-9,16,19-25H2,1H3,(H,33,37)/t30-/m1/s1. The Labute approximate surface area is 243 Å². The first-order valence-corrected chi connectivity index (χ1v) is 15.6. The number of nitrogens with one attached hydrogen (secondary N) is 1. The Morgan fingerprint density at radius 1 is 0.878 bits per heavy atom. The van der Waals surface area contributed by atoms with Crippen LogP contribution in [0.2, 0.25) is 0 Å². The van der Waals surface area contributed by atoms with Crippen LogP contribution in [0.1, 0.15) is 36.0 Å². The molecular formula is C32H39N3O5S. The topological polar surface area (TPSA) is 96.0 Å². The van der Waals surface area contributed by atoms with Gasteiger partial charge in [0, 0.05) is 46.1 Å². The number of carbonyl (C=O) groups excluding carboxylic acids is 2. The van der Waals surface area contributed by atoms with Gasteiger partial charge in [0.1, 0.15) is 6.04 Å². The molecule has 1 saturated heterocycles. The molecule has 4 rings (SSSR count). The first kappa shape index (κ1) is 30.4. The molecule has 9 heteroatoms. The molecule has 3 aromatic rings. The van der Waals surface area contributed by atoms with Crippen molar-refractivity contribution in [1.29, 1.82) is 0 Å². The Morgan fingerprint density at radius 3 is 2.10 bits per heavy atom. The van der Waals surface area contributed by atoms with Crippen LogP contribution < -0.4 is 5.32 Å². The molecule has 0 spiro atoms. The third-order valence-corrected chi connectivity index (χ3v) is 9.24. The minimum Gasteiger partial charge on any atom is -0.383 e. The number of nitrogens with zero attached hydrogens (tertiary/aromatic N) is 2. The van der Waals surface area contributed by atoms with Gasteiger partial charge in [-0.25, -0.2) is 8.42 Å². The van der Waals surface area contributed by atoms with E-state index >= 15 is 0 Å². The lowest BCUT2D eigenvalue weighted by molar-refractivity contribution is -0.141. The molecule has 3 aromatic carbocycles. The molecule has 1 aliphatic rings. The van der Waals surface area contributed by atoms with Crippen molar-refractivity contribution in [1.82, 2.24) is 14.5 Å². The number of sulfonamides is 1. The van der Waals surface area contributed by atoms with Gasteiger partial charge in [-0.3, -0.25) is 9.59 Å². The predicted octanol–water partition coefficient (Wildman–Crippen LogP) is 3.81. The highest BCUT2D eigenvalue weighted by molar-refractivity contribution is 7.89. The summed E-state index contributed by atoms with van der Waals surface area (Å²) in [7, 11) is -1.91. The molecule has 1 N–H and O–H groups in total. The van der Waals surface area contributed by atoms with Gasteiger partial charge in [0.15, 0.2) is 0 Å². The molecule has 1 heterocycles. The quantitative estimate of drug-likeness (QED) is 0.294. The van der Waals surface area contributed by atoms with Crippen LogP contribution in [0.3, 0.4) is 0 Å². The van der Waals surface area contributed by atoms with Crippen LogP contribution in [-0.4, -0.2) is 68.8 Å². The van der Waals surface area contributed by atoms with Crippen molar-refractivity contribution >= 4 is 21.8 Å². The van der Waals surface area contributed by atoms with Gasteiger partial charge in [-0.1, -0.05) is 72.8 Å². The number of amides is 2. The summed E-state index contributed by atoms with van der Waals surface area (Å²) in [5.74, 6) is -0.378. The monoisotopic (exact) mass is 577 g/mol. The Bertz CT molecular complexity index is 1360. The van der Waals surface area contributed by atoms with Gasteiger partial charge < -0.3 is 15.0 Å². The zero-order valence-electron chi connectivity index (χ0n) is 23.6. The van der Waals surface area contributed by atoms with E-state index in [1.54, 1.807) is 36.3 Å². The van der Waals surface area contributed by atoms with Crippen molar-refractivity contribution in [3.05, 3.63) is 102 Å². The van der Waals surface area contributed by atoms with Crippen molar-refractivity contribution in [2.45, 2.75) is 49.6 Å². The van der Waals surface area contributed by atoms with E-state index in [-0.39, 0.29) is 23.1 Å².